The molecule has 4 fully saturated rings. The minimum Gasteiger partial charge on any atom is -0.352 e. The number of allylic oxidation sites excluding steroid dienone is 3. The number of benzene rings is 4. The van der Waals surface area contributed by atoms with E-state index in [2.05, 4.69) is 114 Å². The fourth-order valence-electron chi connectivity index (χ4n) is 12.1. The molecule has 10 rings (SSSR count). The van der Waals surface area contributed by atoms with E-state index in [-0.39, 0.29) is 53.2 Å². The normalized spacial score (nSPS) is 17.2. The first-order valence-electron chi connectivity index (χ1n) is 32.1. The average molecular weight is 1240 g/mol. The third-order valence-electron chi connectivity index (χ3n) is 17.8. The monoisotopic (exact) mass is 1230 g/mol. The van der Waals surface area contributed by atoms with Crippen LogP contribution in [0.2, 0.25) is 0 Å². The number of aryl methyl sites for hydroxylation is 1. The van der Waals surface area contributed by atoms with Crippen LogP contribution in [0.1, 0.15) is 145 Å². The Morgan fingerprint density at radius 2 is 1.44 bits per heavy atom. The Labute approximate surface area is 530 Å². The van der Waals surface area contributed by atoms with Crippen LogP contribution in [0.3, 0.4) is 0 Å². The highest BCUT2D eigenvalue weighted by molar-refractivity contribution is 6.00. The third-order valence-corrected chi connectivity index (χ3v) is 17.8. The van der Waals surface area contributed by atoms with E-state index in [1.165, 1.54) is 33.2 Å². The summed E-state index contributed by atoms with van der Waals surface area (Å²) in [6, 6.07) is 24.5. The van der Waals surface area contributed by atoms with Gasteiger partial charge in [-0.3, -0.25) is 52.6 Å². The zero-order valence-corrected chi connectivity index (χ0v) is 54.8. The van der Waals surface area contributed by atoms with E-state index < -0.39 is 17.8 Å². The lowest BCUT2D eigenvalue weighted by atomic mass is 9.89. The smallest absolute Gasteiger partial charge is 0.329 e. The van der Waals surface area contributed by atoms with Crippen LogP contribution >= 0.6 is 0 Å². The van der Waals surface area contributed by atoms with Crippen molar-refractivity contribution in [1.29, 1.82) is 0 Å². The number of carbonyl (C=O) groups is 4. The number of nitrogens with zero attached hydrogens (tertiary/aromatic N) is 7. The molecule has 4 amide bonds. The predicted molar refractivity (Wildman–Crippen MR) is 358 cm³/mol. The van der Waals surface area contributed by atoms with Gasteiger partial charge in [0.15, 0.2) is 0 Å². The van der Waals surface area contributed by atoms with Crippen LogP contribution in [-0.2, 0) is 53.4 Å². The quantitative estimate of drug-likeness (QED) is 0.0543. The maximum Gasteiger partial charge on any atom is 0.329 e. The molecule has 6 aromatic rings. The number of likely N-dealkylation sites (tertiary alicyclic amines) is 3. The Hall–Kier alpha value is -7.98. The zero-order valence-electron chi connectivity index (χ0n) is 54.8. The van der Waals surface area contributed by atoms with Gasteiger partial charge in [-0.25, -0.2) is 18.4 Å². The molecule has 4 aromatic carbocycles. The lowest BCUT2D eigenvalue weighted by Crippen LogP contribution is -2.45. The summed E-state index contributed by atoms with van der Waals surface area (Å²) in [7, 11) is 5.33. The highest BCUT2D eigenvalue weighted by Gasteiger charge is 2.33. The number of piperidine rings is 4. The van der Waals surface area contributed by atoms with Gasteiger partial charge in [0.25, 0.3) is 0 Å². The molecule has 0 bridgehead atoms. The van der Waals surface area contributed by atoms with Crippen LogP contribution in [0.15, 0.2) is 119 Å². The van der Waals surface area contributed by atoms with Gasteiger partial charge in [0.2, 0.25) is 23.6 Å². The summed E-state index contributed by atoms with van der Waals surface area (Å²) < 4.78 is 31.1. The second kappa shape index (κ2) is 34.3. The maximum absolute atomic E-state index is 13.6. The van der Waals surface area contributed by atoms with Crippen molar-refractivity contribution in [2.75, 3.05) is 52.4 Å². The van der Waals surface area contributed by atoms with E-state index in [9.17, 15) is 37.5 Å². The van der Waals surface area contributed by atoms with E-state index in [4.69, 9.17) is 5.73 Å². The fourth-order valence-corrected chi connectivity index (χ4v) is 12.1. The molecule has 0 aliphatic carbocycles. The van der Waals surface area contributed by atoms with Crippen molar-refractivity contribution in [2.45, 2.75) is 131 Å². The zero-order chi connectivity index (χ0) is 65.8. The van der Waals surface area contributed by atoms with Crippen molar-refractivity contribution in [3.63, 3.8) is 0 Å². The number of amides is 4. The molecule has 4 aliphatic rings. The summed E-state index contributed by atoms with van der Waals surface area (Å²) in [6.07, 6.45) is 9.74. The summed E-state index contributed by atoms with van der Waals surface area (Å²) in [5, 5.41) is 7.70. The number of hydrogen-bond donors (Lipinski definition) is 3. The molecule has 484 valence electrons. The molecule has 2 atom stereocenters. The number of halogens is 2. The number of rotatable bonds is 14. The predicted octanol–water partition coefficient (Wildman–Crippen LogP) is 10.7. The van der Waals surface area contributed by atoms with Gasteiger partial charge < -0.3 is 16.0 Å². The van der Waals surface area contributed by atoms with E-state index in [1.807, 2.05) is 58.7 Å². The topological polar surface area (TPSA) is 182 Å². The fraction of sp³-hybridized carbons (Fsp3) is 0.472. The van der Waals surface area contributed by atoms with Gasteiger partial charge in [-0.1, -0.05) is 114 Å². The molecule has 0 spiro atoms. The second-order valence-corrected chi connectivity index (χ2v) is 23.5. The van der Waals surface area contributed by atoms with Gasteiger partial charge in [0.1, 0.15) is 17.7 Å². The Morgan fingerprint density at radius 3 is 2.06 bits per heavy atom. The van der Waals surface area contributed by atoms with E-state index in [0.717, 1.165) is 123 Å². The first-order chi connectivity index (χ1) is 43.2. The van der Waals surface area contributed by atoms with Crippen LogP contribution < -0.4 is 27.7 Å². The molecule has 18 heteroatoms. The van der Waals surface area contributed by atoms with Gasteiger partial charge in [0, 0.05) is 76.8 Å². The molecule has 4 aliphatic heterocycles. The first kappa shape index (κ1) is 71.1. The molecule has 90 heavy (non-hydrogen) atoms. The molecule has 4 N–H and O–H groups in total. The first-order valence-corrected chi connectivity index (χ1v) is 32.1. The second-order valence-electron chi connectivity index (χ2n) is 23.5. The number of fused-ring (bicyclic) bond motifs is 2. The van der Waals surface area contributed by atoms with Gasteiger partial charge in [0.05, 0.1) is 23.3 Å². The summed E-state index contributed by atoms with van der Waals surface area (Å²) in [5.74, 6) is 6.69. The van der Waals surface area contributed by atoms with E-state index in [1.54, 1.807) is 33.9 Å². The number of carbonyl (C=O) groups excluding carboxylic acids is 4. The van der Waals surface area contributed by atoms with Gasteiger partial charge in [-0.2, -0.15) is 0 Å². The van der Waals surface area contributed by atoms with Gasteiger partial charge in [-0.05, 0) is 180 Å². The summed E-state index contributed by atoms with van der Waals surface area (Å²) in [5.41, 5.74) is 14.2. The van der Waals surface area contributed by atoms with Crippen molar-refractivity contribution in [2.24, 2.45) is 44.6 Å². The lowest BCUT2D eigenvalue weighted by molar-refractivity contribution is -0.136. The molecule has 16 nitrogen and oxygen atoms in total. The average Bonchev–Trinajstić information content (AvgIpc) is 1.65. The van der Waals surface area contributed by atoms with Crippen molar-refractivity contribution in [3.8, 4) is 11.8 Å². The minimum atomic E-state index is -0.705. The third kappa shape index (κ3) is 18.3. The van der Waals surface area contributed by atoms with Crippen LogP contribution in [0, 0.1) is 42.3 Å². The van der Waals surface area contributed by atoms with Gasteiger partial charge in [-0.15, -0.1) is 0 Å². The number of imidazole rings is 2. The molecule has 0 saturated carbocycles. The standard InChI is InChI=1S/C51H56FN7O5.C13H23N3O.C4H5F.2C2H6/c1-55-46-30-39(13-14-44(46)59(51(55)64)45-15-16-47(60)54-50(45)63)36-19-23-57(24-20-36)33-48(61)58-27-17-34(18-28-58)9-10-37-11-12-40(43-8-3-2-7-42(37)43)32-56-25-21-38(22-26-56)49(62)53-31-35-5-4-6-41(52)29-35;1-9(6-7-14)10(2)8-12-11(3)15(4)13(17)16(12)5;1-3-4(2)5;2*1-2/h2-8,11-14,29-30,34,36,38,45H,15-28,31-33H2,1H3,(H,53,62)(H,54,60,63);8-9H,6-7,14H2,1-5H3;3H,1-2H2;2*1-2H3/b;10-8+;;;. The summed E-state index contributed by atoms with van der Waals surface area (Å²) in [6.45, 7) is 27.2. The van der Waals surface area contributed by atoms with E-state index >= 15 is 0 Å². The number of nitrogens with two attached hydrogens (primary N) is 1. The van der Waals surface area contributed by atoms with Crippen molar-refractivity contribution < 1.29 is 28.0 Å². The van der Waals surface area contributed by atoms with Crippen molar-refractivity contribution in [3.05, 3.63) is 170 Å². The number of hydrogen-bond acceptors (Lipinski definition) is 9. The highest BCUT2D eigenvalue weighted by Crippen LogP contribution is 2.33. The van der Waals surface area contributed by atoms with Crippen molar-refractivity contribution in [1.82, 2.24) is 43.6 Å². The lowest BCUT2D eigenvalue weighted by Gasteiger charge is -2.35. The van der Waals surface area contributed by atoms with Crippen LogP contribution in [0.5, 0.6) is 0 Å². The van der Waals surface area contributed by atoms with E-state index in [0.29, 0.717) is 56.5 Å². The van der Waals surface area contributed by atoms with Crippen LogP contribution in [0.25, 0.3) is 27.9 Å². The molecule has 2 aromatic heterocycles. The maximum atomic E-state index is 13.6. The Bertz CT molecular complexity index is 3690. The molecule has 0 radical (unpaired) electrons. The van der Waals surface area contributed by atoms with Crippen molar-refractivity contribution >= 4 is 51.5 Å². The summed E-state index contributed by atoms with van der Waals surface area (Å²) >= 11 is 0. The molecular formula is C72H96F2N10O6. The van der Waals surface area contributed by atoms with Crippen LogP contribution in [-0.4, -0.2) is 109 Å². The highest BCUT2D eigenvalue weighted by atomic mass is 19.1. The van der Waals surface area contributed by atoms with Gasteiger partial charge >= 0.3 is 11.4 Å². The molecule has 4 saturated heterocycles. The molecule has 2 unspecified atom stereocenters. The Morgan fingerprint density at radius 1 is 0.789 bits per heavy atom. The minimum absolute atomic E-state index is 0.0213. The SMILES string of the molecule is C/C(=C\c1c(C)n(C)c(=O)n1C)C(C)CCN.C=CC(=C)F.CC.CC.Cn1c(=O)n(C2CCC(=O)NC2=O)c2ccc(C3CCN(CC(=O)N4CCC(C#Cc5ccc(CN6CCC(C(=O)NCc7cccc(F)c7)CC6)c6ccccc56)CC4)CC3)cc21. The number of aromatic nitrogens is 4. The Balaban J connectivity index is 0.000000417. The number of nitrogens with one attached hydrogen (secondary N) is 2. The summed E-state index contributed by atoms with van der Waals surface area (Å²) in [4.78, 5) is 82.4. The molecular weight excluding hydrogens is 1140 g/mol. The molecule has 6 heterocycles. The van der Waals surface area contributed by atoms with Crippen LogP contribution in [0.4, 0.5) is 8.78 Å². The Kier molecular flexibility index (Phi) is 27.1. The largest absolute Gasteiger partial charge is 0.352 e. The number of imide groups is 1.